The average Bonchev–Trinajstić information content (AvgIpc) is 2.81. The topological polar surface area (TPSA) is 84.9 Å². The van der Waals surface area contributed by atoms with E-state index in [1.807, 2.05) is 44.2 Å². The van der Waals surface area contributed by atoms with E-state index in [9.17, 15) is 14.7 Å². The summed E-state index contributed by atoms with van der Waals surface area (Å²) in [5.74, 6) is -0.254. The van der Waals surface area contributed by atoms with Crippen molar-refractivity contribution in [1.29, 1.82) is 0 Å². The van der Waals surface area contributed by atoms with Crippen LogP contribution < -0.4 is 10.1 Å². The van der Waals surface area contributed by atoms with Crippen LogP contribution >= 0.6 is 0 Å². The predicted molar refractivity (Wildman–Crippen MR) is 125 cm³/mol. The minimum absolute atomic E-state index is 0.0266. The van der Waals surface area contributed by atoms with Gasteiger partial charge in [-0.25, -0.2) is 4.79 Å². The van der Waals surface area contributed by atoms with Gasteiger partial charge in [0.25, 0.3) is 0 Å². The van der Waals surface area contributed by atoms with Crippen LogP contribution in [0.1, 0.15) is 56.1 Å². The second-order valence-corrected chi connectivity index (χ2v) is 8.49. The number of hydrogen-bond acceptors (Lipinski definition) is 6. The molecule has 0 aromatic heterocycles. The van der Waals surface area contributed by atoms with Crippen LogP contribution in [-0.4, -0.2) is 30.6 Å². The number of ketones is 1. The van der Waals surface area contributed by atoms with Gasteiger partial charge in [-0.05, 0) is 49.1 Å². The van der Waals surface area contributed by atoms with E-state index in [-0.39, 0.29) is 17.5 Å². The number of hydrogen-bond donors (Lipinski definition) is 2. The van der Waals surface area contributed by atoms with Crippen molar-refractivity contribution in [2.75, 3.05) is 13.7 Å². The van der Waals surface area contributed by atoms with Gasteiger partial charge in [-0.3, -0.25) is 4.79 Å². The van der Waals surface area contributed by atoms with Crippen LogP contribution in [0.4, 0.5) is 0 Å². The van der Waals surface area contributed by atoms with Crippen molar-refractivity contribution in [2.45, 2.75) is 44.9 Å². The Bertz CT molecular complexity index is 1150. The second-order valence-electron chi connectivity index (χ2n) is 8.49. The Morgan fingerprint density at radius 1 is 1.15 bits per heavy atom. The maximum Gasteiger partial charge on any atom is 0.336 e. The number of benzene rings is 2. The fraction of sp³-hybridized carbons (Fsp3) is 0.333. The first-order valence-electron chi connectivity index (χ1n) is 11.3. The van der Waals surface area contributed by atoms with E-state index in [4.69, 9.17) is 9.47 Å². The molecular weight excluding hydrogens is 418 g/mol. The van der Waals surface area contributed by atoms with E-state index in [1.165, 1.54) is 0 Å². The Hall–Kier alpha value is -3.54. The van der Waals surface area contributed by atoms with Gasteiger partial charge in [0.05, 0.1) is 19.3 Å². The van der Waals surface area contributed by atoms with Gasteiger partial charge in [0, 0.05) is 35.2 Å². The molecule has 6 heteroatoms. The quantitative estimate of drug-likeness (QED) is 0.624. The van der Waals surface area contributed by atoms with Crippen molar-refractivity contribution in [1.82, 2.24) is 5.32 Å². The lowest BCUT2D eigenvalue weighted by Gasteiger charge is -2.37. The molecule has 33 heavy (non-hydrogen) atoms. The number of rotatable bonds is 6. The van der Waals surface area contributed by atoms with E-state index in [0.717, 1.165) is 17.0 Å². The van der Waals surface area contributed by atoms with Crippen LogP contribution in [0, 0.1) is 0 Å². The summed E-state index contributed by atoms with van der Waals surface area (Å²) in [7, 11) is 1.63. The number of esters is 1. The van der Waals surface area contributed by atoms with Gasteiger partial charge < -0.3 is 19.9 Å². The van der Waals surface area contributed by atoms with E-state index in [2.05, 4.69) is 5.32 Å². The Morgan fingerprint density at radius 2 is 1.94 bits per heavy atom. The maximum atomic E-state index is 13.6. The van der Waals surface area contributed by atoms with E-state index in [0.29, 0.717) is 48.3 Å². The maximum absolute atomic E-state index is 13.6. The average molecular weight is 448 g/mol. The summed E-state index contributed by atoms with van der Waals surface area (Å²) in [5, 5.41) is 13.5. The van der Waals surface area contributed by atoms with Gasteiger partial charge in [0.2, 0.25) is 0 Å². The first-order chi connectivity index (χ1) is 15.9. The van der Waals surface area contributed by atoms with Crippen LogP contribution in [0.5, 0.6) is 11.5 Å². The Balaban J connectivity index is 1.79. The van der Waals surface area contributed by atoms with Crippen LogP contribution in [0.2, 0.25) is 0 Å². The molecule has 2 aromatic rings. The summed E-state index contributed by atoms with van der Waals surface area (Å²) in [6.07, 6.45) is 1.63. The van der Waals surface area contributed by atoms with Gasteiger partial charge in [-0.1, -0.05) is 37.3 Å². The number of ether oxygens (including phenoxy) is 2. The SMILES string of the molecule is CCCOC(=O)C1=C(C)NC2=C(C(=O)C[C@@H](c3ccccc3OC)C2)[C@H]1c1cccc(O)c1. The number of dihydropyridines is 1. The van der Waals surface area contributed by atoms with Crippen LogP contribution in [0.25, 0.3) is 0 Å². The van der Waals surface area contributed by atoms with Crippen molar-refractivity contribution in [3.63, 3.8) is 0 Å². The molecule has 2 aromatic carbocycles. The predicted octanol–water partition coefficient (Wildman–Crippen LogP) is 4.72. The zero-order chi connectivity index (χ0) is 23.5. The van der Waals surface area contributed by atoms with Crippen molar-refractivity contribution >= 4 is 11.8 Å². The zero-order valence-corrected chi connectivity index (χ0v) is 19.2. The van der Waals surface area contributed by atoms with Crippen molar-refractivity contribution in [3.05, 3.63) is 82.2 Å². The number of aromatic hydroxyl groups is 1. The van der Waals surface area contributed by atoms with Gasteiger partial charge in [-0.15, -0.1) is 0 Å². The third kappa shape index (κ3) is 4.38. The summed E-state index contributed by atoms with van der Waals surface area (Å²) in [5.41, 5.74) is 4.13. The number of Topliss-reactive ketones (excluding diaryl/α,β-unsaturated/α-hetero) is 1. The lowest BCUT2D eigenvalue weighted by molar-refractivity contribution is -0.139. The molecule has 0 amide bonds. The molecule has 0 fully saturated rings. The number of carbonyl (C=O) groups excluding carboxylic acids is 2. The lowest BCUT2D eigenvalue weighted by Crippen LogP contribution is -2.36. The molecule has 172 valence electrons. The number of allylic oxidation sites excluding steroid dienone is 3. The molecule has 0 saturated heterocycles. The molecule has 0 bridgehead atoms. The van der Waals surface area contributed by atoms with Crippen LogP contribution in [0.3, 0.4) is 0 Å². The summed E-state index contributed by atoms with van der Waals surface area (Å²) < 4.78 is 11.0. The third-order valence-corrected chi connectivity index (χ3v) is 6.27. The molecule has 0 saturated carbocycles. The molecule has 6 nitrogen and oxygen atoms in total. The summed E-state index contributed by atoms with van der Waals surface area (Å²) >= 11 is 0. The molecule has 2 N–H and O–H groups in total. The monoisotopic (exact) mass is 447 g/mol. The minimum Gasteiger partial charge on any atom is -0.508 e. The third-order valence-electron chi connectivity index (χ3n) is 6.27. The second kappa shape index (κ2) is 9.53. The highest BCUT2D eigenvalue weighted by molar-refractivity contribution is 6.04. The molecule has 0 radical (unpaired) electrons. The van der Waals surface area contributed by atoms with E-state index < -0.39 is 11.9 Å². The van der Waals surface area contributed by atoms with Gasteiger partial charge in [0.1, 0.15) is 11.5 Å². The normalized spacial score (nSPS) is 20.3. The summed E-state index contributed by atoms with van der Waals surface area (Å²) in [6, 6.07) is 14.5. The van der Waals surface area contributed by atoms with Crippen molar-refractivity contribution in [2.24, 2.45) is 0 Å². The van der Waals surface area contributed by atoms with Crippen molar-refractivity contribution in [3.8, 4) is 11.5 Å². The fourth-order valence-corrected chi connectivity index (χ4v) is 4.84. The highest BCUT2D eigenvalue weighted by Gasteiger charge is 2.41. The van der Waals surface area contributed by atoms with Crippen LogP contribution in [0.15, 0.2) is 71.1 Å². The zero-order valence-electron chi connectivity index (χ0n) is 19.2. The minimum atomic E-state index is -0.594. The van der Waals surface area contributed by atoms with Gasteiger partial charge in [0.15, 0.2) is 5.78 Å². The number of para-hydroxylation sites is 1. The number of carbonyl (C=O) groups is 2. The lowest BCUT2D eigenvalue weighted by atomic mass is 9.71. The molecule has 0 unspecified atom stereocenters. The molecule has 1 heterocycles. The van der Waals surface area contributed by atoms with Crippen molar-refractivity contribution < 1.29 is 24.2 Å². The Labute approximate surface area is 193 Å². The fourth-order valence-electron chi connectivity index (χ4n) is 4.84. The Morgan fingerprint density at radius 3 is 2.67 bits per heavy atom. The highest BCUT2D eigenvalue weighted by atomic mass is 16.5. The van der Waals surface area contributed by atoms with Crippen LogP contribution in [-0.2, 0) is 14.3 Å². The van der Waals surface area contributed by atoms with Gasteiger partial charge in [-0.2, -0.15) is 0 Å². The number of nitrogens with one attached hydrogen (secondary N) is 1. The molecule has 1 aliphatic heterocycles. The summed E-state index contributed by atoms with van der Waals surface area (Å²) in [6.45, 7) is 4.07. The molecular formula is C27H29NO5. The standard InChI is InChI=1S/C27H29NO5/c1-4-12-33-27(31)24-16(2)28-21-14-18(20-10-5-6-11-23(20)32-3)15-22(30)26(21)25(24)17-8-7-9-19(29)13-17/h5-11,13,18,25,28-29H,4,12,14-15H2,1-3H3/t18-,25-/m0/s1. The molecule has 4 rings (SSSR count). The number of phenolic OH excluding ortho intramolecular Hbond substituents is 1. The first kappa shape index (κ1) is 22.6. The molecule has 0 spiro atoms. The largest absolute Gasteiger partial charge is 0.508 e. The Kier molecular flexibility index (Phi) is 6.54. The smallest absolute Gasteiger partial charge is 0.336 e. The first-order valence-corrected chi connectivity index (χ1v) is 11.3. The number of phenols is 1. The summed E-state index contributed by atoms with van der Waals surface area (Å²) in [4.78, 5) is 26.6. The molecule has 1 aliphatic carbocycles. The number of methoxy groups -OCH3 is 1. The molecule has 2 atom stereocenters. The highest BCUT2D eigenvalue weighted by Crippen LogP contribution is 2.47. The van der Waals surface area contributed by atoms with Gasteiger partial charge >= 0.3 is 5.97 Å². The van der Waals surface area contributed by atoms with E-state index >= 15 is 0 Å². The molecule has 2 aliphatic rings. The van der Waals surface area contributed by atoms with E-state index in [1.54, 1.807) is 25.3 Å².